The molecule has 5 nitrogen and oxygen atoms in total. The Kier molecular flexibility index (Phi) is 3.11. The highest BCUT2D eigenvalue weighted by atomic mass is 32.2. The molecular formula is C9H11NO4S. The average Bonchev–Trinajstić information content (AvgIpc) is 2.15. The first-order valence-corrected chi connectivity index (χ1v) is 6.05. The van der Waals surface area contributed by atoms with Crippen molar-refractivity contribution in [2.24, 2.45) is 0 Å². The molecule has 0 heterocycles. The number of rotatable bonds is 3. The van der Waals surface area contributed by atoms with Gasteiger partial charge in [0.2, 0.25) is 0 Å². The Bertz CT molecular complexity index is 463. The molecular weight excluding hydrogens is 218 g/mol. The number of quaternary nitrogens is 1. The summed E-state index contributed by atoms with van der Waals surface area (Å²) in [6.07, 6.45) is 1.09. The Hall–Kier alpha value is -1.40. The van der Waals surface area contributed by atoms with E-state index in [9.17, 15) is 18.3 Å². The van der Waals surface area contributed by atoms with Crippen LogP contribution >= 0.6 is 0 Å². The van der Waals surface area contributed by atoms with Crippen LogP contribution in [0, 0.1) is 0 Å². The van der Waals surface area contributed by atoms with E-state index < -0.39 is 21.8 Å². The summed E-state index contributed by atoms with van der Waals surface area (Å²) in [7, 11) is -3.25. The molecule has 0 aliphatic heterocycles. The lowest BCUT2D eigenvalue weighted by atomic mass is 10.1. The molecule has 1 aromatic carbocycles. The summed E-state index contributed by atoms with van der Waals surface area (Å²) in [6, 6.07) is 4.56. The normalized spacial score (nSPS) is 13.5. The number of sulfone groups is 1. The van der Waals surface area contributed by atoms with Crippen LogP contribution < -0.4 is 10.8 Å². The van der Waals surface area contributed by atoms with Gasteiger partial charge < -0.3 is 15.6 Å². The van der Waals surface area contributed by atoms with Crippen molar-refractivity contribution in [3.05, 3.63) is 29.8 Å². The fraction of sp³-hybridized carbons (Fsp3) is 0.222. The number of hydrogen-bond acceptors (Lipinski definition) is 4. The molecule has 0 amide bonds. The molecule has 0 aliphatic rings. The van der Waals surface area contributed by atoms with Gasteiger partial charge in [-0.1, -0.05) is 12.1 Å². The summed E-state index contributed by atoms with van der Waals surface area (Å²) in [6.45, 7) is 0. The Morgan fingerprint density at radius 3 is 2.13 bits per heavy atom. The zero-order valence-corrected chi connectivity index (χ0v) is 8.95. The number of benzene rings is 1. The molecule has 0 saturated carbocycles. The minimum Gasteiger partial charge on any atom is -0.544 e. The molecule has 0 bridgehead atoms. The quantitative estimate of drug-likeness (QED) is 0.655. The van der Waals surface area contributed by atoms with Crippen LogP contribution in [0.5, 0.6) is 0 Å². The Morgan fingerprint density at radius 2 is 1.80 bits per heavy atom. The van der Waals surface area contributed by atoms with Gasteiger partial charge in [0.1, 0.15) is 5.97 Å². The lowest BCUT2D eigenvalue weighted by molar-refractivity contribution is -0.443. The molecule has 0 spiro atoms. The standard InChI is InChI=1S/C9H11NO4S/c1-15(13,14)7-4-2-6(3-5-7)8(10)9(11)12/h2-5,8H,10H2,1H3,(H,11,12)/t8-/m0/s1. The van der Waals surface area contributed by atoms with E-state index >= 15 is 0 Å². The summed E-state index contributed by atoms with van der Waals surface area (Å²) < 4.78 is 22.2. The molecule has 0 radical (unpaired) electrons. The minimum absolute atomic E-state index is 0.150. The number of carbonyl (C=O) groups excluding carboxylic acids is 1. The molecule has 0 unspecified atom stereocenters. The van der Waals surface area contributed by atoms with Crippen LogP contribution in [0.2, 0.25) is 0 Å². The van der Waals surface area contributed by atoms with Crippen molar-refractivity contribution in [2.75, 3.05) is 6.26 Å². The molecule has 1 atom stereocenters. The third kappa shape index (κ3) is 2.77. The number of carboxylic acids is 1. The largest absolute Gasteiger partial charge is 0.544 e. The number of aliphatic carboxylic acids is 1. The second-order valence-electron chi connectivity index (χ2n) is 3.21. The average molecular weight is 229 g/mol. The first-order chi connectivity index (χ1) is 6.82. The second-order valence-corrected chi connectivity index (χ2v) is 5.23. The molecule has 82 valence electrons. The van der Waals surface area contributed by atoms with E-state index in [1.54, 1.807) is 0 Å². The van der Waals surface area contributed by atoms with Crippen molar-refractivity contribution in [2.45, 2.75) is 10.9 Å². The number of hydrogen-bond donors (Lipinski definition) is 1. The van der Waals surface area contributed by atoms with Crippen LogP contribution in [0.1, 0.15) is 11.6 Å². The summed E-state index contributed by atoms with van der Waals surface area (Å²) in [5.41, 5.74) is 3.81. The molecule has 0 fully saturated rings. The number of carboxylic acid groups (broad SMARTS) is 1. The highest BCUT2D eigenvalue weighted by molar-refractivity contribution is 7.90. The Labute approximate surface area is 87.4 Å². The molecule has 3 N–H and O–H groups in total. The maximum atomic E-state index is 11.1. The fourth-order valence-electron chi connectivity index (χ4n) is 1.08. The molecule has 1 aromatic rings. The van der Waals surface area contributed by atoms with Crippen LogP contribution in [-0.2, 0) is 14.6 Å². The van der Waals surface area contributed by atoms with Gasteiger partial charge >= 0.3 is 0 Å². The van der Waals surface area contributed by atoms with Gasteiger partial charge in [-0.2, -0.15) is 0 Å². The van der Waals surface area contributed by atoms with E-state index in [1.807, 2.05) is 0 Å². The zero-order valence-electron chi connectivity index (χ0n) is 8.14. The fourth-order valence-corrected chi connectivity index (χ4v) is 1.71. The highest BCUT2D eigenvalue weighted by Gasteiger charge is 2.12. The van der Waals surface area contributed by atoms with Crippen LogP contribution in [-0.4, -0.2) is 20.6 Å². The predicted molar refractivity (Wildman–Crippen MR) is 50.2 cm³/mol. The zero-order chi connectivity index (χ0) is 11.6. The summed E-state index contributed by atoms with van der Waals surface area (Å²) >= 11 is 0. The van der Waals surface area contributed by atoms with Crippen molar-refractivity contribution >= 4 is 15.8 Å². The Balaban J connectivity index is 3.06. The van der Waals surface area contributed by atoms with Gasteiger partial charge in [0.25, 0.3) is 0 Å². The van der Waals surface area contributed by atoms with Gasteiger partial charge in [-0.25, -0.2) is 8.42 Å². The van der Waals surface area contributed by atoms with E-state index in [0.717, 1.165) is 6.26 Å². The maximum Gasteiger partial charge on any atom is 0.175 e. The molecule has 0 aliphatic carbocycles. The highest BCUT2D eigenvalue weighted by Crippen LogP contribution is 2.13. The molecule has 1 rings (SSSR count). The van der Waals surface area contributed by atoms with Gasteiger partial charge in [-0.3, -0.25) is 0 Å². The van der Waals surface area contributed by atoms with Gasteiger partial charge in [0.05, 0.1) is 4.90 Å². The van der Waals surface area contributed by atoms with Gasteiger partial charge in [-0.05, 0) is 12.1 Å². The van der Waals surface area contributed by atoms with Crippen LogP contribution in [0.3, 0.4) is 0 Å². The van der Waals surface area contributed by atoms with E-state index in [0.29, 0.717) is 5.56 Å². The van der Waals surface area contributed by atoms with Crippen LogP contribution in [0.4, 0.5) is 0 Å². The van der Waals surface area contributed by atoms with Crippen LogP contribution in [0.25, 0.3) is 0 Å². The summed E-state index contributed by atoms with van der Waals surface area (Å²) in [5.74, 6) is -1.29. The van der Waals surface area contributed by atoms with Gasteiger partial charge in [0.15, 0.2) is 15.9 Å². The molecule has 15 heavy (non-hydrogen) atoms. The predicted octanol–water partition coefficient (Wildman–Crippen LogP) is -1.88. The third-order valence-electron chi connectivity index (χ3n) is 2.00. The molecule has 0 saturated heterocycles. The smallest absolute Gasteiger partial charge is 0.175 e. The molecule has 6 heteroatoms. The number of carbonyl (C=O) groups is 1. The second kappa shape index (κ2) is 4.00. The van der Waals surface area contributed by atoms with Crippen molar-refractivity contribution in [3.63, 3.8) is 0 Å². The van der Waals surface area contributed by atoms with E-state index in [4.69, 9.17) is 0 Å². The van der Waals surface area contributed by atoms with Crippen LogP contribution in [0.15, 0.2) is 29.2 Å². The molecule has 0 aromatic heterocycles. The van der Waals surface area contributed by atoms with Gasteiger partial charge in [0, 0.05) is 11.8 Å². The summed E-state index contributed by atoms with van der Waals surface area (Å²) in [4.78, 5) is 10.6. The van der Waals surface area contributed by atoms with Gasteiger partial charge in [-0.15, -0.1) is 0 Å². The summed E-state index contributed by atoms with van der Waals surface area (Å²) in [5, 5.41) is 10.5. The SMILES string of the molecule is CS(=O)(=O)c1ccc([C@H]([NH3+])C(=O)[O-])cc1. The van der Waals surface area contributed by atoms with Crippen molar-refractivity contribution < 1.29 is 24.1 Å². The first-order valence-electron chi connectivity index (χ1n) is 4.16. The lowest BCUT2D eigenvalue weighted by Gasteiger charge is -2.09. The van der Waals surface area contributed by atoms with Crippen molar-refractivity contribution in [1.29, 1.82) is 0 Å². The first kappa shape index (κ1) is 11.7. The third-order valence-corrected chi connectivity index (χ3v) is 3.12. The van der Waals surface area contributed by atoms with E-state index in [2.05, 4.69) is 5.73 Å². The topological polar surface area (TPSA) is 102 Å². The van der Waals surface area contributed by atoms with E-state index in [-0.39, 0.29) is 4.90 Å². The van der Waals surface area contributed by atoms with Crippen molar-refractivity contribution in [3.8, 4) is 0 Å². The lowest BCUT2D eigenvalue weighted by Crippen LogP contribution is -2.61. The Morgan fingerprint density at radius 1 is 1.33 bits per heavy atom. The van der Waals surface area contributed by atoms with E-state index in [1.165, 1.54) is 24.3 Å². The monoisotopic (exact) mass is 229 g/mol. The maximum absolute atomic E-state index is 11.1. The minimum atomic E-state index is -3.25. The van der Waals surface area contributed by atoms with Crippen molar-refractivity contribution in [1.82, 2.24) is 0 Å².